The Hall–Kier alpha value is -3.48. The Balaban J connectivity index is 1.88. The van der Waals surface area contributed by atoms with E-state index in [0.717, 1.165) is 35.2 Å². The van der Waals surface area contributed by atoms with Gasteiger partial charge in [0.15, 0.2) is 28.8 Å². The summed E-state index contributed by atoms with van der Waals surface area (Å²) in [5.41, 5.74) is 3.55. The summed E-state index contributed by atoms with van der Waals surface area (Å²) in [5, 5.41) is 0. The van der Waals surface area contributed by atoms with Crippen LogP contribution >= 0.6 is 0 Å². The number of hydrogen-bond donors (Lipinski definition) is 0. The molecular weight excluding hydrogens is 384 g/mol. The van der Waals surface area contributed by atoms with Crippen molar-refractivity contribution in [2.75, 3.05) is 35.0 Å². The van der Waals surface area contributed by atoms with E-state index in [0.29, 0.717) is 41.3 Å². The molecule has 7 heteroatoms. The van der Waals surface area contributed by atoms with Crippen LogP contribution in [-0.2, 0) is 6.42 Å². The lowest BCUT2D eigenvalue weighted by molar-refractivity contribution is 0.276. The monoisotopic (exact) mass is 408 g/mol. The fourth-order valence-corrected chi connectivity index (χ4v) is 3.55. The van der Waals surface area contributed by atoms with Gasteiger partial charge in [0, 0.05) is 16.7 Å². The molecule has 0 fully saturated rings. The van der Waals surface area contributed by atoms with Gasteiger partial charge in [-0.2, -0.15) is 4.98 Å². The molecule has 1 aliphatic heterocycles. The van der Waals surface area contributed by atoms with Crippen molar-refractivity contribution in [1.29, 1.82) is 0 Å². The first-order valence-electron chi connectivity index (χ1n) is 9.67. The molecule has 0 amide bonds. The number of ether oxygens (including phenoxy) is 5. The van der Waals surface area contributed by atoms with Crippen molar-refractivity contribution in [3.63, 3.8) is 0 Å². The van der Waals surface area contributed by atoms with E-state index >= 15 is 0 Å². The largest absolute Gasteiger partial charge is 0.493 e. The molecule has 1 aromatic heterocycles. The van der Waals surface area contributed by atoms with Crippen LogP contribution in [0.15, 0.2) is 36.4 Å². The molecule has 2 aromatic carbocycles. The van der Waals surface area contributed by atoms with Crippen LogP contribution in [0.3, 0.4) is 0 Å². The van der Waals surface area contributed by atoms with Crippen molar-refractivity contribution in [1.82, 2.24) is 9.97 Å². The van der Waals surface area contributed by atoms with Gasteiger partial charge in [0.2, 0.25) is 5.88 Å². The smallest absolute Gasteiger partial charge is 0.220 e. The summed E-state index contributed by atoms with van der Waals surface area (Å²) >= 11 is 0. The van der Waals surface area contributed by atoms with E-state index in [-0.39, 0.29) is 0 Å². The van der Waals surface area contributed by atoms with Crippen molar-refractivity contribution < 1.29 is 23.7 Å². The second-order valence-corrected chi connectivity index (χ2v) is 6.77. The SMILES string of the molecule is COc1ccc(-c2nc3c(c(-c4ccc(OC)c(OC)c4)n2)CCCO3)cc1OC. The third-order valence-corrected chi connectivity index (χ3v) is 5.08. The lowest BCUT2D eigenvalue weighted by Crippen LogP contribution is -2.13. The molecule has 7 nitrogen and oxygen atoms in total. The molecule has 0 unspecified atom stereocenters. The normalized spacial score (nSPS) is 12.5. The van der Waals surface area contributed by atoms with Crippen molar-refractivity contribution in [3.8, 4) is 51.5 Å². The van der Waals surface area contributed by atoms with E-state index in [1.807, 2.05) is 36.4 Å². The molecule has 0 bridgehead atoms. The first kappa shape index (κ1) is 19.8. The summed E-state index contributed by atoms with van der Waals surface area (Å²) in [6, 6.07) is 11.4. The fraction of sp³-hybridized carbons (Fsp3) is 0.304. The Kier molecular flexibility index (Phi) is 5.61. The maximum absolute atomic E-state index is 5.89. The summed E-state index contributed by atoms with van der Waals surface area (Å²) in [6.45, 7) is 0.640. The van der Waals surface area contributed by atoms with Crippen molar-refractivity contribution in [2.45, 2.75) is 12.8 Å². The molecule has 0 aliphatic carbocycles. The fourth-order valence-electron chi connectivity index (χ4n) is 3.55. The maximum Gasteiger partial charge on any atom is 0.220 e. The highest BCUT2D eigenvalue weighted by Gasteiger charge is 2.22. The van der Waals surface area contributed by atoms with E-state index in [1.165, 1.54) is 0 Å². The number of aromatic nitrogens is 2. The summed E-state index contributed by atoms with van der Waals surface area (Å²) in [5.74, 6) is 3.75. The molecule has 4 rings (SSSR count). The Morgan fingerprint density at radius 3 is 1.97 bits per heavy atom. The number of nitrogens with zero attached hydrogens (tertiary/aromatic N) is 2. The standard InChI is InChI=1S/C23H24N2O5/c1-26-17-9-7-14(12-19(17)28-3)21-16-6-5-11-30-23(16)25-22(24-21)15-8-10-18(27-2)20(13-15)29-4/h7-10,12-13H,5-6,11H2,1-4H3. The van der Waals surface area contributed by atoms with E-state index in [1.54, 1.807) is 28.4 Å². The number of rotatable bonds is 6. The highest BCUT2D eigenvalue weighted by atomic mass is 16.5. The average molecular weight is 408 g/mol. The molecule has 0 radical (unpaired) electrons. The van der Waals surface area contributed by atoms with Gasteiger partial charge in [-0.05, 0) is 49.2 Å². The molecule has 0 spiro atoms. The van der Waals surface area contributed by atoms with Gasteiger partial charge in [-0.3, -0.25) is 0 Å². The zero-order chi connectivity index (χ0) is 21.1. The van der Waals surface area contributed by atoms with Crippen molar-refractivity contribution in [2.24, 2.45) is 0 Å². The summed E-state index contributed by atoms with van der Waals surface area (Å²) in [7, 11) is 6.45. The van der Waals surface area contributed by atoms with Gasteiger partial charge in [0.05, 0.1) is 40.7 Å². The van der Waals surface area contributed by atoms with E-state index < -0.39 is 0 Å². The van der Waals surface area contributed by atoms with Crippen LogP contribution in [-0.4, -0.2) is 45.0 Å². The topological polar surface area (TPSA) is 71.9 Å². The number of hydrogen-bond acceptors (Lipinski definition) is 7. The van der Waals surface area contributed by atoms with E-state index in [2.05, 4.69) is 0 Å². The molecule has 0 saturated heterocycles. The highest BCUT2D eigenvalue weighted by Crippen LogP contribution is 2.39. The summed E-state index contributed by atoms with van der Waals surface area (Å²) < 4.78 is 27.5. The van der Waals surface area contributed by atoms with Crippen LogP contribution in [0.4, 0.5) is 0 Å². The van der Waals surface area contributed by atoms with Crippen LogP contribution in [0.2, 0.25) is 0 Å². The highest BCUT2D eigenvalue weighted by molar-refractivity contribution is 5.72. The van der Waals surface area contributed by atoms with Gasteiger partial charge in [-0.25, -0.2) is 4.98 Å². The molecule has 0 atom stereocenters. The van der Waals surface area contributed by atoms with Crippen LogP contribution in [0.25, 0.3) is 22.6 Å². The predicted molar refractivity (Wildman–Crippen MR) is 113 cm³/mol. The van der Waals surface area contributed by atoms with Crippen LogP contribution < -0.4 is 23.7 Å². The lowest BCUT2D eigenvalue weighted by Gasteiger charge is -2.20. The third-order valence-electron chi connectivity index (χ3n) is 5.08. The quantitative estimate of drug-likeness (QED) is 0.606. The molecule has 0 saturated carbocycles. The second kappa shape index (κ2) is 8.49. The minimum absolute atomic E-state index is 0.557. The first-order chi connectivity index (χ1) is 14.7. The maximum atomic E-state index is 5.89. The van der Waals surface area contributed by atoms with Gasteiger partial charge in [-0.1, -0.05) is 0 Å². The molecule has 0 N–H and O–H groups in total. The Morgan fingerprint density at radius 1 is 0.733 bits per heavy atom. The van der Waals surface area contributed by atoms with Crippen LogP contribution in [0.1, 0.15) is 12.0 Å². The first-order valence-corrected chi connectivity index (χ1v) is 9.67. The van der Waals surface area contributed by atoms with Gasteiger partial charge in [-0.15, -0.1) is 0 Å². The molecule has 1 aliphatic rings. The molecule has 156 valence electrons. The minimum atomic E-state index is 0.557. The van der Waals surface area contributed by atoms with E-state index in [4.69, 9.17) is 33.7 Å². The van der Waals surface area contributed by atoms with Gasteiger partial charge in [0.25, 0.3) is 0 Å². The third kappa shape index (κ3) is 3.58. The number of benzene rings is 2. The van der Waals surface area contributed by atoms with Crippen LogP contribution in [0.5, 0.6) is 28.9 Å². The Morgan fingerprint density at radius 2 is 1.33 bits per heavy atom. The lowest BCUT2D eigenvalue weighted by atomic mass is 10.0. The zero-order valence-electron chi connectivity index (χ0n) is 17.5. The van der Waals surface area contributed by atoms with Crippen LogP contribution in [0, 0.1) is 0 Å². The molecule has 3 aromatic rings. The molecular formula is C23H24N2O5. The summed E-state index contributed by atoms with van der Waals surface area (Å²) in [4.78, 5) is 9.60. The Bertz CT molecular complexity index is 1070. The van der Waals surface area contributed by atoms with Gasteiger partial charge in [0.1, 0.15) is 0 Å². The van der Waals surface area contributed by atoms with Crippen molar-refractivity contribution >= 4 is 0 Å². The minimum Gasteiger partial charge on any atom is -0.493 e. The second-order valence-electron chi connectivity index (χ2n) is 6.77. The molecule has 30 heavy (non-hydrogen) atoms. The van der Waals surface area contributed by atoms with Gasteiger partial charge >= 0.3 is 0 Å². The van der Waals surface area contributed by atoms with Crippen molar-refractivity contribution in [3.05, 3.63) is 42.0 Å². The Labute approximate surface area is 175 Å². The predicted octanol–water partition coefficient (Wildman–Crippen LogP) is 4.17. The number of methoxy groups -OCH3 is 4. The van der Waals surface area contributed by atoms with E-state index in [9.17, 15) is 0 Å². The average Bonchev–Trinajstić information content (AvgIpc) is 2.82. The van der Waals surface area contributed by atoms with Gasteiger partial charge < -0.3 is 23.7 Å². The molecule has 2 heterocycles. The zero-order valence-corrected chi connectivity index (χ0v) is 17.5. The number of fused-ring (bicyclic) bond motifs is 1. The summed E-state index contributed by atoms with van der Waals surface area (Å²) in [6.07, 6.45) is 1.78.